The number of aliphatic hydroxyl groups is 1. The smallest absolute Gasteiger partial charge is 0.0545 e. The number of nitrogens with two attached hydrogens (primary N) is 1. The van der Waals surface area contributed by atoms with Gasteiger partial charge in [0.05, 0.1) is 6.10 Å². The minimum Gasteiger partial charge on any atom is -0.399 e. The highest BCUT2D eigenvalue weighted by Gasteiger charge is 2.08. The molecule has 0 spiro atoms. The van der Waals surface area contributed by atoms with E-state index in [1.807, 2.05) is 6.07 Å². The maximum Gasteiger partial charge on any atom is 0.0545 e. The van der Waals surface area contributed by atoms with E-state index in [1.54, 1.807) is 0 Å². The predicted octanol–water partition coefficient (Wildman–Crippen LogP) is 3.17. The first kappa shape index (κ1) is 14.0. The van der Waals surface area contributed by atoms with Gasteiger partial charge in [0.2, 0.25) is 0 Å². The van der Waals surface area contributed by atoms with Crippen LogP contribution in [-0.4, -0.2) is 11.2 Å². The molecule has 3 N–H and O–H groups in total. The molecular weight excluding hydrogens is 210 g/mol. The molecule has 0 heterocycles. The Balaban J connectivity index is 2.56. The number of hydrogen-bond acceptors (Lipinski definition) is 2. The molecule has 0 aliphatic heterocycles. The third kappa shape index (κ3) is 4.78. The van der Waals surface area contributed by atoms with Crippen molar-refractivity contribution >= 4 is 5.69 Å². The van der Waals surface area contributed by atoms with Crippen molar-refractivity contribution in [1.82, 2.24) is 0 Å². The highest BCUT2D eigenvalue weighted by molar-refractivity contribution is 5.48. The van der Waals surface area contributed by atoms with Gasteiger partial charge in [-0.2, -0.15) is 0 Å². The second kappa shape index (κ2) is 6.65. The summed E-state index contributed by atoms with van der Waals surface area (Å²) in [4.78, 5) is 0. The summed E-state index contributed by atoms with van der Waals surface area (Å²) in [7, 11) is 0. The van der Waals surface area contributed by atoms with E-state index in [0.717, 1.165) is 31.4 Å². The minimum absolute atomic E-state index is 0.209. The normalized spacial score (nSPS) is 13.0. The van der Waals surface area contributed by atoms with Gasteiger partial charge >= 0.3 is 0 Å². The Morgan fingerprint density at radius 3 is 2.59 bits per heavy atom. The quantitative estimate of drug-likeness (QED) is 0.744. The molecule has 2 nitrogen and oxygen atoms in total. The largest absolute Gasteiger partial charge is 0.399 e. The Morgan fingerprint density at radius 1 is 1.29 bits per heavy atom. The Bertz CT molecular complexity index is 347. The fourth-order valence-corrected chi connectivity index (χ4v) is 2.08. The number of aliphatic hydroxyl groups excluding tert-OH is 1. The van der Waals surface area contributed by atoms with E-state index < -0.39 is 0 Å². The summed E-state index contributed by atoms with van der Waals surface area (Å²) < 4.78 is 0. The second-order valence-corrected chi connectivity index (χ2v) is 5.21. The molecule has 0 radical (unpaired) electrons. The summed E-state index contributed by atoms with van der Waals surface area (Å²) in [5.41, 5.74) is 9.28. The molecule has 0 amide bonds. The van der Waals surface area contributed by atoms with Crippen LogP contribution in [0.2, 0.25) is 0 Å². The number of benzene rings is 1. The van der Waals surface area contributed by atoms with Crippen LogP contribution in [0.3, 0.4) is 0 Å². The summed E-state index contributed by atoms with van der Waals surface area (Å²) in [6.45, 7) is 6.41. The second-order valence-electron chi connectivity index (χ2n) is 5.21. The summed E-state index contributed by atoms with van der Waals surface area (Å²) in [5.74, 6) is 0.546. The number of rotatable bonds is 6. The van der Waals surface area contributed by atoms with E-state index in [1.165, 1.54) is 11.1 Å². The zero-order valence-electron chi connectivity index (χ0n) is 11.2. The molecule has 1 aromatic rings. The van der Waals surface area contributed by atoms with Crippen molar-refractivity contribution < 1.29 is 5.11 Å². The lowest BCUT2D eigenvalue weighted by Gasteiger charge is -2.14. The van der Waals surface area contributed by atoms with Crippen LogP contribution in [0.15, 0.2) is 18.2 Å². The van der Waals surface area contributed by atoms with Crippen molar-refractivity contribution in [3.05, 3.63) is 29.3 Å². The first-order valence-electron chi connectivity index (χ1n) is 6.58. The van der Waals surface area contributed by atoms with Crippen molar-refractivity contribution in [2.45, 2.75) is 52.6 Å². The van der Waals surface area contributed by atoms with Gasteiger partial charge in [-0.1, -0.05) is 32.9 Å². The van der Waals surface area contributed by atoms with Crippen molar-refractivity contribution in [3.63, 3.8) is 0 Å². The molecule has 0 saturated heterocycles. The predicted molar refractivity (Wildman–Crippen MR) is 74.0 cm³/mol. The van der Waals surface area contributed by atoms with Crippen LogP contribution >= 0.6 is 0 Å². The number of aryl methyl sites for hydroxylation is 2. The van der Waals surface area contributed by atoms with Gasteiger partial charge < -0.3 is 10.8 Å². The van der Waals surface area contributed by atoms with E-state index in [2.05, 4.69) is 32.9 Å². The third-order valence-electron chi connectivity index (χ3n) is 3.11. The first-order valence-corrected chi connectivity index (χ1v) is 6.58. The van der Waals surface area contributed by atoms with Crippen LogP contribution < -0.4 is 5.73 Å². The third-order valence-corrected chi connectivity index (χ3v) is 3.11. The molecule has 17 heavy (non-hydrogen) atoms. The number of nitrogen functional groups attached to an aromatic ring is 1. The molecule has 2 heteroatoms. The Kier molecular flexibility index (Phi) is 5.49. The lowest BCUT2D eigenvalue weighted by atomic mass is 9.97. The molecule has 0 fully saturated rings. The standard InChI is InChI=1S/C15H25NO/c1-4-12-5-8-15(16)13(10-12)6-7-14(17)9-11(2)3/h5,8,10-11,14,17H,4,6-7,9,16H2,1-3H3. The van der Waals surface area contributed by atoms with E-state index >= 15 is 0 Å². The summed E-state index contributed by atoms with van der Waals surface area (Å²) in [5, 5.41) is 9.86. The summed E-state index contributed by atoms with van der Waals surface area (Å²) in [6.07, 6.45) is 3.36. The molecule has 0 aromatic heterocycles. The number of hydrogen-bond donors (Lipinski definition) is 2. The SMILES string of the molecule is CCc1ccc(N)c(CCC(O)CC(C)C)c1. The van der Waals surface area contributed by atoms with Crippen LogP contribution in [0.4, 0.5) is 5.69 Å². The van der Waals surface area contributed by atoms with Gasteiger partial charge in [-0.15, -0.1) is 0 Å². The molecule has 96 valence electrons. The molecule has 1 rings (SSSR count). The van der Waals surface area contributed by atoms with Crippen molar-refractivity contribution in [2.24, 2.45) is 5.92 Å². The Hall–Kier alpha value is -1.02. The van der Waals surface area contributed by atoms with E-state index in [0.29, 0.717) is 5.92 Å². The van der Waals surface area contributed by atoms with Crippen LogP contribution in [0.1, 0.15) is 44.7 Å². The average Bonchev–Trinajstić information content (AvgIpc) is 2.27. The lowest BCUT2D eigenvalue weighted by Crippen LogP contribution is -2.11. The molecule has 1 atom stereocenters. The number of anilines is 1. The van der Waals surface area contributed by atoms with Gasteiger partial charge in [-0.05, 0) is 48.8 Å². The molecule has 1 unspecified atom stereocenters. The highest BCUT2D eigenvalue weighted by Crippen LogP contribution is 2.18. The minimum atomic E-state index is -0.209. The summed E-state index contributed by atoms with van der Waals surface area (Å²) >= 11 is 0. The van der Waals surface area contributed by atoms with Crippen LogP contribution in [0, 0.1) is 5.92 Å². The fourth-order valence-electron chi connectivity index (χ4n) is 2.08. The van der Waals surface area contributed by atoms with Gasteiger partial charge in [0, 0.05) is 5.69 Å². The summed E-state index contributed by atoms with van der Waals surface area (Å²) in [6, 6.07) is 6.21. The van der Waals surface area contributed by atoms with Crippen LogP contribution in [0.5, 0.6) is 0 Å². The van der Waals surface area contributed by atoms with Gasteiger partial charge in [-0.3, -0.25) is 0 Å². The van der Waals surface area contributed by atoms with E-state index in [4.69, 9.17) is 5.73 Å². The Labute approximate surface area is 105 Å². The monoisotopic (exact) mass is 235 g/mol. The molecular formula is C15H25NO. The lowest BCUT2D eigenvalue weighted by molar-refractivity contribution is 0.140. The van der Waals surface area contributed by atoms with Gasteiger partial charge in [0.15, 0.2) is 0 Å². The van der Waals surface area contributed by atoms with Gasteiger partial charge in [0.25, 0.3) is 0 Å². The highest BCUT2D eigenvalue weighted by atomic mass is 16.3. The average molecular weight is 235 g/mol. The first-order chi connectivity index (χ1) is 8.02. The van der Waals surface area contributed by atoms with Crippen molar-refractivity contribution in [2.75, 3.05) is 5.73 Å². The van der Waals surface area contributed by atoms with Crippen molar-refractivity contribution in [1.29, 1.82) is 0 Å². The van der Waals surface area contributed by atoms with E-state index in [9.17, 15) is 5.11 Å². The van der Waals surface area contributed by atoms with Crippen molar-refractivity contribution in [3.8, 4) is 0 Å². The maximum absolute atomic E-state index is 9.86. The maximum atomic E-state index is 9.86. The molecule has 0 saturated carbocycles. The van der Waals surface area contributed by atoms with Crippen LogP contribution in [-0.2, 0) is 12.8 Å². The molecule has 1 aromatic carbocycles. The molecule has 0 bridgehead atoms. The van der Waals surface area contributed by atoms with Gasteiger partial charge in [0.1, 0.15) is 0 Å². The van der Waals surface area contributed by atoms with Crippen LogP contribution in [0.25, 0.3) is 0 Å². The zero-order chi connectivity index (χ0) is 12.8. The molecule has 0 aliphatic rings. The van der Waals surface area contributed by atoms with E-state index in [-0.39, 0.29) is 6.10 Å². The Morgan fingerprint density at radius 2 is 2.00 bits per heavy atom. The molecule has 0 aliphatic carbocycles. The fraction of sp³-hybridized carbons (Fsp3) is 0.600. The topological polar surface area (TPSA) is 46.2 Å². The zero-order valence-corrected chi connectivity index (χ0v) is 11.2. The van der Waals surface area contributed by atoms with Gasteiger partial charge in [-0.25, -0.2) is 0 Å².